The summed E-state index contributed by atoms with van der Waals surface area (Å²) in [6.45, 7) is 10.5. The van der Waals surface area contributed by atoms with Gasteiger partial charge in [0.25, 0.3) is 0 Å². The Bertz CT molecular complexity index is 511. The number of likely N-dealkylation sites (tertiary alicyclic amines) is 1. The zero-order chi connectivity index (χ0) is 16.9. The summed E-state index contributed by atoms with van der Waals surface area (Å²) in [5.41, 5.74) is -0.137. The standard InChI is InChI=1S/C16H29N5OS/c1-5-23-13-8-6-7-9-20(11-13)15(22)17-10-14-18-12-19-21(14)16(2,3)4/h12-13H,5-11H2,1-4H3,(H,17,22). The monoisotopic (exact) mass is 339 g/mol. The Kier molecular flexibility index (Phi) is 6.33. The van der Waals surface area contributed by atoms with Crippen LogP contribution in [-0.2, 0) is 12.1 Å². The summed E-state index contributed by atoms with van der Waals surface area (Å²) in [7, 11) is 0. The van der Waals surface area contributed by atoms with E-state index >= 15 is 0 Å². The Hall–Kier alpha value is -1.24. The van der Waals surface area contributed by atoms with Crippen LogP contribution in [0.2, 0.25) is 0 Å². The summed E-state index contributed by atoms with van der Waals surface area (Å²) in [5.74, 6) is 1.90. The summed E-state index contributed by atoms with van der Waals surface area (Å²) < 4.78 is 1.87. The smallest absolute Gasteiger partial charge is 0.317 e. The van der Waals surface area contributed by atoms with E-state index in [4.69, 9.17) is 0 Å². The van der Waals surface area contributed by atoms with Gasteiger partial charge < -0.3 is 10.2 Å². The van der Waals surface area contributed by atoms with E-state index in [0.29, 0.717) is 11.8 Å². The summed E-state index contributed by atoms with van der Waals surface area (Å²) in [5, 5.41) is 7.84. The molecule has 2 heterocycles. The van der Waals surface area contributed by atoms with Gasteiger partial charge in [-0.05, 0) is 39.4 Å². The van der Waals surface area contributed by atoms with Crippen LogP contribution >= 0.6 is 11.8 Å². The number of rotatable bonds is 4. The molecule has 1 fully saturated rings. The topological polar surface area (TPSA) is 63.1 Å². The molecule has 1 aliphatic heterocycles. The first-order chi connectivity index (χ1) is 10.9. The van der Waals surface area contributed by atoms with Crippen LogP contribution in [0.4, 0.5) is 4.79 Å². The molecule has 0 aromatic carbocycles. The molecule has 0 aliphatic carbocycles. The normalized spacial score (nSPS) is 19.5. The number of urea groups is 1. The van der Waals surface area contributed by atoms with Gasteiger partial charge in [0.2, 0.25) is 0 Å². The fourth-order valence-corrected chi connectivity index (χ4v) is 3.96. The maximum Gasteiger partial charge on any atom is 0.317 e. The zero-order valence-corrected chi connectivity index (χ0v) is 15.5. The van der Waals surface area contributed by atoms with E-state index in [1.807, 2.05) is 21.3 Å². The number of amides is 2. The average molecular weight is 340 g/mol. The van der Waals surface area contributed by atoms with Crippen molar-refractivity contribution in [1.29, 1.82) is 0 Å². The van der Waals surface area contributed by atoms with Crippen molar-refractivity contribution in [3.8, 4) is 0 Å². The second kappa shape index (κ2) is 8.04. The summed E-state index contributed by atoms with van der Waals surface area (Å²) >= 11 is 1.96. The van der Waals surface area contributed by atoms with Crippen LogP contribution in [-0.4, -0.2) is 49.8 Å². The van der Waals surface area contributed by atoms with Gasteiger partial charge in [-0.2, -0.15) is 16.9 Å². The van der Waals surface area contributed by atoms with Crippen LogP contribution < -0.4 is 5.32 Å². The number of hydrogen-bond acceptors (Lipinski definition) is 4. The van der Waals surface area contributed by atoms with Gasteiger partial charge in [-0.15, -0.1) is 0 Å². The molecule has 7 heteroatoms. The predicted molar refractivity (Wildman–Crippen MR) is 94.6 cm³/mol. The van der Waals surface area contributed by atoms with Crippen LogP contribution in [0.5, 0.6) is 0 Å². The van der Waals surface area contributed by atoms with Crippen LogP contribution in [0.25, 0.3) is 0 Å². The molecule has 2 rings (SSSR count). The van der Waals surface area contributed by atoms with Gasteiger partial charge in [-0.3, -0.25) is 0 Å². The average Bonchev–Trinajstić information content (AvgIpc) is 2.85. The van der Waals surface area contributed by atoms with E-state index in [1.54, 1.807) is 6.33 Å². The van der Waals surface area contributed by atoms with Crippen LogP contribution in [0.3, 0.4) is 0 Å². The zero-order valence-electron chi connectivity index (χ0n) is 14.7. The highest BCUT2D eigenvalue weighted by Crippen LogP contribution is 2.22. The lowest BCUT2D eigenvalue weighted by Gasteiger charge is -2.25. The molecule has 23 heavy (non-hydrogen) atoms. The molecule has 1 aliphatic rings. The van der Waals surface area contributed by atoms with Crippen LogP contribution in [0.1, 0.15) is 52.8 Å². The van der Waals surface area contributed by atoms with E-state index in [2.05, 4.69) is 43.1 Å². The van der Waals surface area contributed by atoms with Crippen LogP contribution in [0.15, 0.2) is 6.33 Å². The highest BCUT2D eigenvalue weighted by Gasteiger charge is 2.23. The van der Waals surface area contributed by atoms with Gasteiger partial charge >= 0.3 is 6.03 Å². The second-order valence-electron chi connectivity index (χ2n) is 6.94. The highest BCUT2D eigenvalue weighted by atomic mass is 32.2. The van der Waals surface area contributed by atoms with Gasteiger partial charge in [0, 0.05) is 18.3 Å². The number of carbonyl (C=O) groups is 1. The molecule has 1 saturated heterocycles. The number of nitrogens with one attached hydrogen (secondary N) is 1. The lowest BCUT2D eigenvalue weighted by Crippen LogP contribution is -2.43. The molecule has 1 unspecified atom stereocenters. The molecule has 1 aromatic rings. The minimum atomic E-state index is -0.137. The lowest BCUT2D eigenvalue weighted by atomic mass is 10.1. The van der Waals surface area contributed by atoms with Crippen LogP contribution in [0, 0.1) is 0 Å². The first-order valence-corrected chi connectivity index (χ1v) is 9.50. The minimum Gasteiger partial charge on any atom is -0.331 e. The molecule has 130 valence electrons. The van der Waals surface area contributed by atoms with E-state index in [1.165, 1.54) is 12.8 Å². The summed E-state index contributed by atoms with van der Waals surface area (Å²) in [6.07, 6.45) is 5.05. The number of hydrogen-bond donors (Lipinski definition) is 1. The molecule has 1 N–H and O–H groups in total. The molecular formula is C16H29N5OS. The van der Waals surface area contributed by atoms with Gasteiger partial charge in [0.05, 0.1) is 12.1 Å². The van der Waals surface area contributed by atoms with Crippen molar-refractivity contribution < 1.29 is 4.79 Å². The van der Waals surface area contributed by atoms with Crippen molar-refractivity contribution in [2.45, 2.75) is 64.3 Å². The van der Waals surface area contributed by atoms with Crippen molar-refractivity contribution in [1.82, 2.24) is 25.0 Å². The van der Waals surface area contributed by atoms with E-state index in [9.17, 15) is 4.79 Å². The van der Waals surface area contributed by atoms with Gasteiger partial charge in [-0.25, -0.2) is 14.5 Å². The molecular weight excluding hydrogens is 310 g/mol. The van der Waals surface area contributed by atoms with Gasteiger partial charge in [0.1, 0.15) is 12.2 Å². The van der Waals surface area contributed by atoms with Gasteiger partial charge in [0.15, 0.2) is 0 Å². The Balaban J connectivity index is 1.92. The summed E-state index contributed by atoms with van der Waals surface area (Å²) in [4.78, 5) is 18.7. The predicted octanol–water partition coefficient (Wildman–Crippen LogP) is 2.85. The van der Waals surface area contributed by atoms with Crippen molar-refractivity contribution in [2.75, 3.05) is 18.8 Å². The molecule has 0 spiro atoms. The fourth-order valence-electron chi connectivity index (χ4n) is 2.87. The van der Waals surface area contributed by atoms with E-state index in [-0.39, 0.29) is 11.6 Å². The Morgan fingerprint density at radius 1 is 1.43 bits per heavy atom. The van der Waals surface area contributed by atoms with Crippen molar-refractivity contribution >= 4 is 17.8 Å². The SMILES string of the molecule is CCSC1CCCCN(C(=O)NCc2ncnn2C(C)(C)C)C1. The second-order valence-corrected chi connectivity index (χ2v) is 8.51. The first kappa shape index (κ1) is 18.1. The van der Waals surface area contributed by atoms with Gasteiger partial charge in [-0.1, -0.05) is 13.3 Å². The lowest BCUT2D eigenvalue weighted by molar-refractivity contribution is 0.199. The number of carbonyl (C=O) groups excluding carboxylic acids is 1. The Morgan fingerprint density at radius 2 is 2.22 bits per heavy atom. The quantitative estimate of drug-likeness (QED) is 0.916. The third-order valence-corrected chi connectivity index (χ3v) is 5.16. The molecule has 0 saturated carbocycles. The fraction of sp³-hybridized carbons (Fsp3) is 0.812. The number of aromatic nitrogens is 3. The van der Waals surface area contributed by atoms with Crippen molar-refractivity contribution in [2.24, 2.45) is 0 Å². The number of thioether (sulfide) groups is 1. The molecule has 0 radical (unpaired) electrons. The maximum absolute atomic E-state index is 12.5. The molecule has 6 nitrogen and oxygen atoms in total. The number of nitrogens with zero attached hydrogens (tertiary/aromatic N) is 4. The van der Waals surface area contributed by atoms with E-state index in [0.717, 1.165) is 31.1 Å². The Labute approximate surface area is 143 Å². The van der Waals surface area contributed by atoms with E-state index < -0.39 is 0 Å². The molecule has 1 atom stereocenters. The minimum absolute atomic E-state index is 0.0112. The molecule has 0 bridgehead atoms. The molecule has 2 amide bonds. The summed E-state index contributed by atoms with van der Waals surface area (Å²) in [6, 6.07) is 0.0112. The largest absolute Gasteiger partial charge is 0.331 e. The highest BCUT2D eigenvalue weighted by molar-refractivity contribution is 7.99. The molecule has 1 aromatic heterocycles. The third-order valence-electron chi connectivity index (χ3n) is 3.97. The van der Waals surface area contributed by atoms with Crippen molar-refractivity contribution in [3.05, 3.63) is 12.2 Å². The Morgan fingerprint density at radius 3 is 2.91 bits per heavy atom. The van der Waals surface area contributed by atoms with Crippen molar-refractivity contribution in [3.63, 3.8) is 0 Å². The first-order valence-electron chi connectivity index (χ1n) is 8.45. The maximum atomic E-state index is 12.5. The third kappa shape index (κ3) is 5.12.